The Morgan fingerprint density at radius 2 is 2.15 bits per heavy atom. The molecule has 0 heterocycles. The van der Waals surface area contributed by atoms with Gasteiger partial charge in [-0.25, -0.2) is 0 Å². The number of hydrogen-bond donors (Lipinski definition) is 0. The molecule has 0 aromatic rings. The quantitative estimate of drug-likeness (QED) is 0.680. The largest absolute Gasteiger partial charge is 0.302 e. The molecule has 0 spiro atoms. The molecule has 1 aliphatic rings. The predicted octanol–water partition coefficient (Wildman–Crippen LogP) is 2.84. The van der Waals surface area contributed by atoms with E-state index in [1.807, 2.05) is 11.8 Å². The van der Waals surface area contributed by atoms with Crippen molar-refractivity contribution in [2.75, 3.05) is 30.9 Å². The number of rotatable bonds is 6. The Bertz CT molecular complexity index is 159. The molecule has 1 aliphatic carbocycles. The van der Waals surface area contributed by atoms with Gasteiger partial charge in [0.25, 0.3) is 0 Å². The first-order valence-electron chi connectivity index (χ1n) is 4.89. The molecule has 0 N–H and O–H groups in total. The molecule has 1 rings (SSSR count). The molecule has 0 radical (unpaired) electrons. The van der Waals surface area contributed by atoms with E-state index in [0.29, 0.717) is 11.5 Å². The lowest BCUT2D eigenvalue weighted by Crippen LogP contribution is -2.36. The van der Waals surface area contributed by atoms with E-state index in [1.54, 1.807) is 0 Å². The van der Waals surface area contributed by atoms with Crippen LogP contribution < -0.4 is 0 Å². The lowest BCUT2D eigenvalue weighted by atomic mass is 10.1. The van der Waals surface area contributed by atoms with E-state index in [4.69, 9.17) is 0 Å². The van der Waals surface area contributed by atoms with Gasteiger partial charge >= 0.3 is 0 Å². The number of thioether (sulfide) groups is 1. The predicted molar refractivity (Wildman–Crippen MR) is 65.9 cm³/mol. The third-order valence-corrected chi connectivity index (χ3v) is 4.99. The van der Waals surface area contributed by atoms with Crippen LogP contribution in [0.3, 0.4) is 0 Å². The maximum Gasteiger partial charge on any atom is 0.0155 e. The van der Waals surface area contributed by atoms with Crippen LogP contribution in [0.1, 0.15) is 19.8 Å². The topological polar surface area (TPSA) is 3.24 Å². The van der Waals surface area contributed by atoms with Crippen LogP contribution in [-0.4, -0.2) is 41.9 Å². The van der Waals surface area contributed by atoms with Crippen molar-refractivity contribution < 1.29 is 0 Å². The highest BCUT2D eigenvalue weighted by Crippen LogP contribution is 2.47. The zero-order chi connectivity index (χ0) is 9.90. The molecule has 0 aromatic heterocycles. The molecule has 1 unspecified atom stereocenters. The van der Waals surface area contributed by atoms with Crippen LogP contribution in [0, 0.1) is 5.41 Å². The first-order chi connectivity index (χ1) is 6.13. The zero-order valence-corrected chi connectivity index (χ0v) is 11.2. The normalized spacial score (nSPS) is 21.9. The third-order valence-electron chi connectivity index (χ3n) is 2.99. The molecular formula is C10H20BrNS. The van der Waals surface area contributed by atoms with E-state index in [2.05, 4.69) is 41.1 Å². The van der Waals surface area contributed by atoms with Crippen LogP contribution >= 0.6 is 27.7 Å². The summed E-state index contributed by atoms with van der Waals surface area (Å²) < 4.78 is 0. The van der Waals surface area contributed by atoms with E-state index in [-0.39, 0.29) is 0 Å². The number of hydrogen-bond acceptors (Lipinski definition) is 2. The Labute approximate surface area is 94.8 Å². The summed E-state index contributed by atoms with van der Waals surface area (Å²) in [5.74, 6) is 1.24. The van der Waals surface area contributed by atoms with Crippen molar-refractivity contribution in [1.82, 2.24) is 4.90 Å². The Hall–Kier alpha value is 0.790. The number of alkyl halides is 1. The maximum absolute atomic E-state index is 3.62. The van der Waals surface area contributed by atoms with E-state index in [0.717, 1.165) is 0 Å². The van der Waals surface area contributed by atoms with Crippen LogP contribution in [0.15, 0.2) is 0 Å². The summed E-state index contributed by atoms with van der Waals surface area (Å²) in [5, 5.41) is 1.18. The maximum atomic E-state index is 3.62. The molecule has 1 nitrogen and oxygen atoms in total. The minimum atomic E-state index is 0.626. The number of halogens is 1. The summed E-state index contributed by atoms with van der Waals surface area (Å²) in [4.78, 5) is 2.50. The van der Waals surface area contributed by atoms with Gasteiger partial charge in [0.1, 0.15) is 0 Å². The van der Waals surface area contributed by atoms with Crippen LogP contribution in [0.5, 0.6) is 0 Å². The highest BCUT2D eigenvalue weighted by molar-refractivity contribution is 9.09. The molecule has 78 valence electrons. The van der Waals surface area contributed by atoms with Crippen molar-refractivity contribution >= 4 is 27.7 Å². The Kier molecular flexibility index (Phi) is 4.59. The Morgan fingerprint density at radius 1 is 1.54 bits per heavy atom. The Morgan fingerprint density at radius 3 is 2.54 bits per heavy atom. The first-order valence-corrected chi connectivity index (χ1v) is 7.40. The average Bonchev–Trinajstić information content (AvgIpc) is 2.86. The molecule has 0 aromatic carbocycles. The second-order valence-electron chi connectivity index (χ2n) is 4.35. The SMILES string of the molecule is CSCC(C)N(C)CC1(CBr)CC1. The summed E-state index contributed by atoms with van der Waals surface area (Å²) in [5.41, 5.74) is 0.626. The molecule has 1 atom stereocenters. The average molecular weight is 266 g/mol. The van der Waals surface area contributed by atoms with Gasteiger partial charge in [0, 0.05) is 23.7 Å². The first kappa shape index (κ1) is 11.9. The van der Waals surface area contributed by atoms with E-state index in [1.165, 1.54) is 30.5 Å². The van der Waals surface area contributed by atoms with E-state index >= 15 is 0 Å². The molecule has 0 amide bonds. The third kappa shape index (κ3) is 3.45. The molecule has 1 saturated carbocycles. The molecule has 0 saturated heterocycles. The highest BCUT2D eigenvalue weighted by atomic mass is 79.9. The standard InChI is InChI=1S/C10H20BrNS/c1-9(6-13-3)12(2)8-10(7-11)4-5-10/h9H,4-8H2,1-3H3. The van der Waals surface area contributed by atoms with Gasteiger partial charge in [-0.1, -0.05) is 15.9 Å². The molecule has 0 aliphatic heterocycles. The zero-order valence-electron chi connectivity index (χ0n) is 8.85. The minimum Gasteiger partial charge on any atom is -0.302 e. The molecule has 1 fully saturated rings. The summed E-state index contributed by atoms with van der Waals surface area (Å²) in [6, 6.07) is 0.714. The van der Waals surface area contributed by atoms with Crippen molar-refractivity contribution in [2.24, 2.45) is 5.41 Å². The van der Waals surface area contributed by atoms with Gasteiger partial charge in [-0.15, -0.1) is 0 Å². The smallest absolute Gasteiger partial charge is 0.0155 e. The fraction of sp³-hybridized carbons (Fsp3) is 1.00. The van der Waals surface area contributed by atoms with Gasteiger partial charge in [-0.05, 0) is 38.5 Å². The fourth-order valence-electron chi connectivity index (χ4n) is 1.56. The minimum absolute atomic E-state index is 0.626. The lowest BCUT2D eigenvalue weighted by Gasteiger charge is -2.27. The summed E-state index contributed by atoms with van der Waals surface area (Å²) in [6.07, 6.45) is 5.00. The number of nitrogens with zero attached hydrogens (tertiary/aromatic N) is 1. The van der Waals surface area contributed by atoms with Crippen molar-refractivity contribution in [3.8, 4) is 0 Å². The second-order valence-corrected chi connectivity index (χ2v) is 5.82. The Balaban J connectivity index is 2.27. The van der Waals surface area contributed by atoms with Crippen LogP contribution in [0.2, 0.25) is 0 Å². The summed E-state index contributed by atoms with van der Waals surface area (Å²) >= 11 is 5.56. The van der Waals surface area contributed by atoms with Gasteiger partial charge in [0.15, 0.2) is 0 Å². The van der Waals surface area contributed by atoms with Crippen molar-refractivity contribution in [1.29, 1.82) is 0 Å². The summed E-state index contributed by atoms with van der Waals surface area (Å²) in [7, 11) is 2.25. The van der Waals surface area contributed by atoms with E-state index < -0.39 is 0 Å². The van der Waals surface area contributed by atoms with Gasteiger partial charge in [0.05, 0.1) is 0 Å². The fourth-order valence-corrected chi connectivity index (χ4v) is 3.04. The van der Waals surface area contributed by atoms with E-state index in [9.17, 15) is 0 Å². The van der Waals surface area contributed by atoms with Gasteiger partial charge in [-0.2, -0.15) is 11.8 Å². The van der Waals surface area contributed by atoms with Crippen LogP contribution in [-0.2, 0) is 0 Å². The molecule has 3 heteroatoms. The van der Waals surface area contributed by atoms with Crippen molar-refractivity contribution in [2.45, 2.75) is 25.8 Å². The van der Waals surface area contributed by atoms with Gasteiger partial charge in [-0.3, -0.25) is 0 Å². The van der Waals surface area contributed by atoms with Gasteiger partial charge in [0.2, 0.25) is 0 Å². The van der Waals surface area contributed by atoms with Crippen LogP contribution in [0.25, 0.3) is 0 Å². The lowest BCUT2D eigenvalue weighted by molar-refractivity contribution is 0.233. The molecule has 13 heavy (non-hydrogen) atoms. The summed E-state index contributed by atoms with van der Waals surface area (Å²) in [6.45, 7) is 3.58. The van der Waals surface area contributed by atoms with Crippen molar-refractivity contribution in [3.63, 3.8) is 0 Å². The highest BCUT2D eigenvalue weighted by Gasteiger charge is 2.42. The monoisotopic (exact) mass is 265 g/mol. The second kappa shape index (κ2) is 5.04. The van der Waals surface area contributed by atoms with Crippen molar-refractivity contribution in [3.05, 3.63) is 0 Å². The molecular weight excluding hydrogens is 246 g/mol. The molecule has 0 bridgehead atoms. The van der Waals surface area contributed by atoms with Crippen LogP contribution in [0.4, 0.5) is 0 Å². The van der Waals surface area contributed by atoms with Gasteiger partial charge < -0.3 is 4.90 Å².